The second-order valence-corrected chi connectivity index (χ2v) is 5.04. The van der Waals surface area contributed by atoms with Crippen LogP contribution in [0.15, 0.2) is 30.7 Å². The van der Waals surface area contributed by atoms with Gasteiger partial charge >= 0.3 is 0 Å². The average molecular weight is 273 g/mol. The zero-order chi connectivity index (χ0) is 13.6. The van der Waals surface area contributed by atoms with Gasteiger partial charge in [0, 0.05) is 6.20 Å². The molecule has 96 valence electrons. The minimum Gasteiger partial charge on any atom is -0.396 e. The predicted octanol–water partition coefficient (Wildman–Crippen LogP) is 3.27. The predicted molar refractivity (Wildman–Crippen MR) is 77.8 cm³/mol. The van der Waals surface area contributed by atoms with Crippen molar-refractivity contribution < 1.29 is 0 Å². The summed E-state index contributed by atoms with van der Waals surface area (Å²) in [4.78, 5) is 8.68. The highest BCUT2D eigenvalue weighted by Crippen LogP contribution is 2.24. The molecule has 3 rings (SSSR count). The molecule has 0 amide bonds. The minimum absolute atomic E-state index is 0.526. The Kier molecular flexibility index (Phi) is 2.68. The molecule has 0 aliphatic heterocycles. The van der Waals surface area contributed by atoms with Crippen molar-refractivity contribution >= 4 is 28.3 Å². The van der Waals surface area contributed by atoms with Crippen molar-refractivity contribution in [1.82, 2.24) is 14.5 Å². The average Bonchev–Trinajstić information content (AvgIpc) is 2.73. The van der Waals surface area contributed by atoms with Crippen LogP contribution in [-0.4, -0.2) is 14.5 Å². The van der Waals surface area contributed by atoms with Crippen LogP contribution in [0.1, 0.15) is 11.1 Å². The van der Waals surface area contributed by atoms with Gasteiger partial charge in [0.2, 0.25) is 0 Å². The molecule has 0 aliphatic carbocycles. The van der Waals surface area contributed by atoms with Crippen LogP contribution < -0.4 is 5.73 Å². The summed E-state index contributed by atoms with van der Waals surface area (Å²) in [5.74, 6) is 0.648. The lowest BCUT2D eigenvalue weighted by atomic mass is 10.1. The van der Waals surface area contributed by atoms with Gasteiger partial charge < -0.3 is 5.73 Å². The van der Waals surface area contributed by atoms with Crippen molar-refractivity contribution in [2.24, 2.45) is 0 Å². The van der Waals surface area contributed by atoms with Crippen LogP contribution in [0.5, 0.6) is 0 Å². The van der Waals surface area contributed by atoms with E-state index in [1.165, 1.54) is 11.1 Å². The highest BCUT2D eigenvalue weighted by atomic mass is 35.5. The third kappa shape index (κ3) is 1.94. The SMILES string of the molecule is Cc1cc2ncn(-c3ncc(Cl)cc3N)c2cc1C. The number of benzene rings is 1. The van der Waals surface area contributed by atoms with Gasteiger partial charge in [0.05, 0.1) is 21.7 Å². The van der Waals surface area contributed by atoms with E-state index in [1.54, 1.807) is 18.6 Å². The summed E-state index contributed by atoms with van der Waals surface area (Å²) in [6.45, 7) is 4.15. The van der Waals surface area contributed by atoms with E-state index >= 15 is 0 Å². The lowest BCUT2D eigenvalue weighted by Gasteiger charge is -2.08. The molecular formula is C14H13ClN4. The van der Waals surface area contributed by atoms with Gasteiger partial charge in [0.25, 0.3) is 0 Å². The smallest absolute Gasteiger partial charge is 0.161 e. The number of hydrogen-bond acceptors (Lipinski definition) is 3. The lowest BCUT2D eigenvalue weighted by Crippen LogP contribution is -2.01. The molecule has 0 saturated carbocycles. The molecule has 1 aromatic carbocycles. The minimum atomic E-state index is 0.526. The molecule has 0 unspecified atom stereocenters. The summed E-state index contributed by atoms with van der Waals surface area (Å²) in [5, 5.41) is 0.526. The molecule has 2 N–H and O–H groups in total. The molecule has 3 aromatic rings. The number of imidazole rings is 1. The first-order valence-corrected chi connectivity index (χ1v) is 6.30. The zero-order valence-corrected chi connectivity index (χ0v) is 11.4. The Morgan fingerprint density at radius 3 is 2.58 bits per heavy atom. The van der Waals surface area contributed by atoms with Crippen LogP contribution in [0.2, 0.25) is 5.02 Å². The Morgan fingerprint density at radius 1 is 1.11 bits per heavy atom. The number of nitrogens with two attached hydrogens (primary N) is 1. The molecule has 0 aliphatic rings. The number of pyridine rings is 1. The zero-order valence-electron chi connectivity index (χ0n) is 10.7. The number of rotatable bonds is 1. The Labute approximate surface area is 115 Å². The van der Waals surface area contributed by atoms with Crippen molar-refractivity contribution in [3.05, 3.63) is 46.9 Å². The fourth-order valence-corrected chi connectivity index (χ4v) is 2.25. The Balaban J connectivity index is 2.28. The van der Waals surface area contributed by atoms with E-state index < -0.39 is 0 Å². The maximum absolute atomic E-state index is 5.98. The summed E-state index contributed by atoms with van der Waals surface area (Å²) in [6, 6.07) is 5.84. The highest BCUT2D eigenvalue weighted by molar-refractivity contribution is 6.30. The van der Waals surface area contributed by atoms with Crippen LogP contribution >= 0.6 is 11.6 Å². The summed E-state index contributed by atoms with van der Waals surface area (Å²) >= 11 is 5.88. The van der Waals surface area contributed by atoms with Crippen LogP contribution in [0.4, 0.5) is 5.69 Å². The third-order valence-corrected chi connectivity index (χ3v) is 3.46. The number of fused-ring (bicyclic) bond motifs is 1. The maximum atomic E-state index is 5.98. The first-order valence-electron chi connectivity index (χ1n) is 5.92. The lowest BCUT2D eigenvalue weighted by molar-refractivity contribution is 1.03. The van der Waals surface area contributed by atoms with Gasteiger partial charge in [-0.25, -0.2) is 9.97 Å². The fourth-order valence-electron chi connectivity index (χ4n) is 2.08. The summed E-state index contributed by atoms with van der Waals surface area (Å²) in [7, 11) is 0. The van der Waals surface area contributed by atoms with Gasteiger partial charge in [0.15, 0.2) is 5.82 Å². The molecule has 4 nitrogen and oxygen atoms in total. The topological polar surface area (TPSA) is 56.7 Å². The number of anilines is 1. The summed E-state index contributed by atoms with van der Waals surface area (Å²) in [5.41, 5.74) is 10.9. The number of aromatic nitrogens is 3. The van der Waals surface area contributed by atoms with E-state index in [1.807, 2.05) is 4.57 Å². The molecule has 0 atom stereocenters. The monoisotopic (exact) mass is 272 g/mol. The van der Waals surface area contributed by atoms with Crippen molar-refractivity contribution in [3.63, 3.8) is 0 Å². The van der Waals surface area contributed by atoms with Crippen LogP contribution in [0.25, 0.3) is 16.9 Å². The van der Waals surface area contributed by atoms with Gasteiger partial charge in [-0.3, -0.25) is 4.57 Å². The van der Waals surface area contributed by atoms with E-state index in [-0.39, 0.29) is 0 Å². The van der Waals surface area contributed by atoms with Crippen molar-refractivity contribution in [1.29, 1.82) is 0 Å². The summed E-state index contributed by atoms with van der Waals surface area (Å²) in [6.07, 6.45) is 3.32. The molecule has 0 radical (unpaired) electrons. The van der Waals surface area contributed by atoms with Gasteiger partial charge in [-0.05, 0) is 43.2 Å². The number of halogens is 1. The Hall–Kier alpha value is -2.07. The molecule has 0 bridgehead atoms. The molecular weight excluding hydrogens is 260 g/mol. The first-order chi connectivity index (χ1) is 9.06. The molecule has 2 heterocycles. The largest absolute Gasteiger partial charge is 0.396 e. The van der Waals surface area contributed by atoms with Gasteiger partial charge in [0.1, 0.15) is 6.33 Å². The standard InChI is InChI=1S/C14H13ClN4/c1-8-3-12-13(4-9(8)2)19(7-18-12)14-11(16)5-10(15)6-17-14/h3-7H,16H2,1-2H3. The van der Waals surface area contributed by atoms with Crippen molar-refractivity contribution in [2.45, 2.75) is 13.8 Å². The maximum Gasteiger partial charge on any atom is 0.161 e. The number of nitrogen functional groups attached to an aromatic ring is 1. The fraction of sp³-hybridized carbons (Fsp3) is 0.143. The third-order valence-electron chi connectivity index (χ3n) is 3.25. The summed E-state index contributed by atoms with van der Waals surface area (Å²) < 4.78 is 1.88. The normalized spacial score (nSPS) is 11.1. The van der Waals surface area contributed by atoms with E-state index in [9.17, 15) is 0 Å². The first kappa shape index (κ1) is 12.0. The van der Waals surface area contributed by atoms with Crippen molar-refractivity contribution in [2.75, 3.05) is 5.73 Å². The number of aryl methyl sites for hydroxylation is 2. The Bertz CT molecular complexity index is 776. The number of nitrogens with zero attached hydrogens (tertiary/aromatic N) is 3. The molecule has 2 aromatic heterocycles. The second-order valence-electron chi connectivity index (χ2n) is 4.61. The molecule has 5 heteroatoms. The van der Waals surface area contributed by atoms with E-state index in [0.29, 0.717) is 16.5 Å². The van der Waals surface area contributed by atoms with Gasteiger partial charge in [-0.15, -0.1) is 0 Å². The van der Waals surface area contributed by atoms with E-state index in [4.69, 9.17) is 17.3 Å². The van der Waals surface area contributed by atoms with Gasteiger partial charge in [-0.2, -0.15) is 0 Å². The van der Waals surface area contributed by atoms with E-state index in [0.717, 1.165) is 11.0 Å². The van der Waals surface area contributed by atoms with Crippen LogP contribution in [0.3, 0.4) is 0 Å². The molecule has 0 spiro atoms. The van der Waals surface area contributed by atoms with Crippen LogP contribution in [0, 0.1) is 13.8 Å². The van der Waals surface area contributed by atoms with E-state index in [2.05, 4.69) is 35.9 Å². The van der Waals surface area contributed by atoms with Crippen LogP contribution in [-0.2, 0) is 0 Å². The molecule has 0 fully saturated rings. The van der Waals surface area contributed by atoms with Gasteiger partial charge in [-0.1, -0.05) is 11.6 Å². The molecule has 0 saturated heterocycles. The number of hydrogen-bond donors (Lipinski definition) is 1. The second kappa shape index (κ2) is 4.24. The highest BCUT2D eigenvalue weighted by Gasteiger charge is 2.10. The Morgan fingerprint density at radius 2 is 1.84 bits per heavy atom. The quantitative estimate of drug-likeness (QED) is 0.740. The van der Waals surface area contributed by atoms with Crippen molar-refractivity contribution in [3.8, 4) is 5.82 Å². The molecule has 19 heavy (non-hydrogen) atoms.